The summed E-state index contributed by atoms with van der Waals surface area (Å²) in [6, 6.07) is 3.71. The molecule has 94 valence electrons. The maximum atomic E-state index is 12.3. The second-order valence-electron chi connectivity index (χ2n) is 5.15. The predicted molar refractivity (Wildman–Crippen MR) is 65.8 cm³/mol. The predicted octanol–water partition coefficient (Wildman–Crippen LogP) is 1.40. The number of carbonyl (C=O) groups is 1. The summed E-state index contributed by atoms with van der Waals surface area (Å²) in [4.78, 5) is 14.1. The van der Waals surface area contributed by atoms with Crippen molar-refractivity contribution < 1.29 is 9.90 Å². The van der Waals surface area contributed by atoms with Gasteiger partial charge in [0.15, 0.2) is 0 Å². The van der Waals surface area contributed by atoms with Gasteiger partial charge in [0.05, 0.1) is 5.60 Å². The number of aromatic nitrogens is 1. The molecule has 0 bridgehead atoms. The van der Waals surface area contributed by atoms with E-state index in [-0.39, 0.29) is 5.91 Å². The van der Waals surface area contributed by atoms with E-state index in [1.807, 2.05) is 41.8 Å². The van der Waals surface area contributed by atoms with Crippen molar-refractivity contribution in [1.82, 2.24) is 9.47 Å². The molecule has 1 saturated heterocycles. The van der Waals surface area contributed by atoms with Crippen molar-refractivity contribution in [3.05, 3.63) is 24.0 Å². The van der Waals surface area contributed by atoms with E-state index < -0.39 is 5.60 Å². The van der Waals surface area contributed by atoms with Gasteiger partial charge in [-0.15, -0.1) is 0 Å². The number of nitrogens with zero attached hydrogens (tertiary/aromatic N) is 2. The Bertz CT molecular complexity index is 409. The van der Waals surface area contributed by atoms with E-state index in [1.165, 1.54) is 0 Å². The highest BCUT2D eigenvalue weighted by Crippen LogP contribution is 2.22. The fraction of sp³-hybridized carbons (Fsp3) is 0.615. The van der Waals surface area contributed by atoms with E-state index >= 15 is 0 Å². The summed E-state index contributed by atoms with van der Waals surface area (Å²) >= 11 is 0. The van der Waals surface area contributed by atoms with E-state index in [0.29, 0.717) is 18.7 Å². The van der Waals surface area contributed by atoms with Crippen LogP contribution in [0, 0.1) is 0 Å². The lowest BCUT2D eigenvalue weighted by Crippen LogP contribution is -2.34. The Balaban J connectivity index is 2.08. The van der Waals surface area contributed by atoms with Gasteiger partial charge in [-0.25, -0.2) is 0 Å². The quantitative estimate of drug-likeness (QED) is 0.801. The lowest BCUT2D eigenvalue weighted by atomic mass is 9.98. The Morgan fingerprint density at radius 3 is 2.82 bits per heavy atom. The first-order valence-corrected chi connectivity index (χ1v) is 6.13. The summed E-state index contributed by atoms with van der Waals surface area (Å²) in [5.41, 5.74) is 0.0926. The average Bonchev–Trinajstić information content (AvgIpc) is 2.59. The smallest absolute Gasteiger partial charge is 0.270 e. The monoisotopic (exact) mass is 236 g/mol. The maximum absolute atomic E-state index is 12.3. The van der Waals surface area contributed by atoms with Gasteiger partial charge in [-0.2, -0.15) is 0 Å². The highest BCUT2D eigenvalue weighted by atomic mass is 16.3. The molecule has 2 rings (SSSR count). The van der Waals surface area contributed by atoms with E-state index in [4.69, 9.17) is 0 Å². The number of amides is 1. The third kappa shape index (κ3) is 2.69. The van der Waals surface area contributed by atoms with Gasteiger partial charge in [0.25, 0.3) is 5.91 Å². The van der Waals surface area contributed by atoms with Crippen LogP contribution >= 0.6 is 0 Å². The number of carbonyl (C=O) groups excluding carboxylic acids is 1. The first-order chi connectivity index (χ1) is 7.99. The first-order valence-electron chi connectivity index (χ1n) is 6.13. The largest absolute Gasteiger partial charge is 0.390 e. The second kappa shape index (κ2) is 4.53. The highest BCUT2D eigenvalue weighted by molar-refractivity contribution is 5.92. The molecule has 1 fully saturated rings. The molecular formula is C13H20N2O2. The van der Waals surface area contributed by atoms with Crippen molar-refractivity contribution in [2.45, 2.75) is 31.8 Å². The summed E-state index contributed by atoms with van der Waals surface area (Å²) < 4.78 is 1.84. The molecule has 0 aliphatic carbocycles. The van der Waals surface area contributed by atoms with Crippen LogP contribution in [0.5, 0.6) is 0 Å². The van der Waals surface area contributed by atoms with Crippen molar-refractivity contribution >= 4 is 5.91 Å². The minimum absolute atomic E-state index is 0.0650. The topological polar surface area (TPSA) is 45.5 Å². The standard InChI is InChI=1S/C13H20N2O2/c1-13(17)6-4-9-15(10-7-13)12(16)11-5-3-8-14(11)2/h3,5,8,17H,4,6-7,9-10H2,1-2H3. The molecular weight excluding hydrogens is 216 g/mol. The van der Waals surface area contributed by atoms with Gasteiger partial charge in [0, 0.05) is 26.3 Å². The lowest BCUT2D eigenvalue weighted by molar-refractivity contribution is 0.0437. The third-order valence-corrected chi connectivity index (χ3v) is 3.51. The zero-order valence-electron chi connectivity index (χ0n) is 10.5. The van der Waals surface area contributed by atoms with Crippen LogP contribution in [0.1, 0.15) is 36.7 Å². The molecule has 1 atom stereocenters. The van der Waals surface area contributed by atoms with Crippen molar-refractivity contribution in [1.29, 1.82) is 0 Å². The average molecular weight is 236 g/mol. The zero-order chi connectivity index (χ0) is 12.5. The van der Waals surface area contributed by atoms with Crippen LogP contribution in [0.25, 0.3) is 0 Å². The molecule has 0 radical (unpaired) electrons. The van der Waals surface area contributed by atoms with E-state index in [2.05, 4.69) is 0 Å². The van der Waals surface area contributed by atoms with Gasteiger partial charge in [0.1, 0.15) is 5.69 Å². The molecule has 1 N–H and O–H groups in total. The summed E-state index contributed by atoms with van der Waals surface area (Å²) in [6.45, 7) is 3.22. The highest BCUT2D eigenvalue weighted by Gasteiger charge is 2.27. The van der Waals surface area contributed by atoms with Gasteiger partial charge < -0.3 is 14.6 Å². The Labute approximate surface area is 102 Å². The molecule has 4 nitrogen and oxygen atoms in total. The van der Waals surface area contributed by atoms with Crippen LogP contribution in [-0.4, -0.2) is 39.2 Å². The maximum Gasteiger partial charge on any atom is 0.270 e. The summed E-state index contributed by atoms with van der Waals surface area (Å²) in [5, 5.41) is 10.00. The van der Waals surface area contributed by atoms with Crippen LogP contribution in [0.4, 0.5) is 0 Å². The molecule has 1 amide bonds. The molecule has 1 aliphatic rings. The molecule has 2 heterocycles. The summed E-state index contributed by atoms with van der Waals surface area (Å²) in [7, 11) is 1.88. The molecule has 17 heavy (non-hydrogen) atoms. The number of aliphatic hydroxyl groups is 1. The Morgan fingerprint density at radius 1 is 1.41 bits per heavy atom. The SMILES string of the molecule is Cn1cccc1C(=O)N1CCCC(C)(O)CC1. The fourth-order valence-corrected chi connectivity index (χ4v) is 2.31. The van der Waals surface area contributed by atoms with E-state index in [1.54, 1.807) is 0 Å². The van der Waals surface area contributed by atoms with Gasteiger partial charge in [-0.1, -0.05) is 0 Å². The Hall–Kier alpha value is -1.29. The van der Waals surface area contributed by atoms with Crippen LogP contribution in [0.2, 0.25) is 0 Å². The Morgan fingerprint density at radius 2 is 2.18 bits per heavy atom. The van der Waals surface area contributed by atoms with E-state index in [0.717, 1.165) is 19.4 Å². The lowest BCUT2D eigenvalue weighted by Gasteiger charge is -2.22. The molecule has 1 aromatic heterocycles. The molecule has 1 aliphatic heterocycles. The number of hydrogen-bond donors (Lipinski definition) is 1. The molecule has 0 saturated carbocycles. The zero-order valence-corrected chi connectivity index (χ0v) is 10.5. The van der Waals surface area contributed by atoms with Crippen molar-refractivity contribution in [2.24, 2.45) is 7.05 Å². The second-order valence-corrected chi connectivity index (χ2v) is 5.15. The number of likely N-dealkylation sites (tertiary alicyclic amines) is 1. The van der Waals surface area contributed by atoms with E-state index in [9.17, 15) is 9.90 Å². The Kier molecular flexibility index (Phi) is 3.24. The van der Waals surface area contributed by atoms with Crippen LogP contribution in [-0.2, 0) is 7.05 Å². The molecule has 0 spiro atoms. The minimum atomic E-state index is -0.622. The van der Waals surface area contributed by atoms with Crippen molar-refractivity contribution in [2.75, 3.05) is 13.1 Å². The van der Waals surface area contributed by atoms with Crippen molar-refractivity contribution in [3.63, 3.8) is 0 Å². The van der Waals surface area contributed by atoms with Gasteiger partial charge in [-0.05, 0) is 38.3 Å². The van der Waals surface area contributed by atoms with Crippen molar-refractivity contribution in [3.8, 4) is 0 Å². The first kappa shape index (κ1) is 12.2. The summed E-state index contributed by atoms with van der Waals surface area (Å²) in [5.74, 6) is 0.0650. The van der Waals surface area contributed by atoms with Crippen LogP contribution in [0.15, 0.2) is 18.3 Å². The van der Waals surface area contributed by atoms with Gasteiger partial charge in [-0.3, -0.25) is 4.79 Å². The molecule has 1 aromatic rings. The van der Waals surface area contributed by atoms with Gasteiger partial charge >= 0.3 is 0 Å². The van der Waals surface area contributed by atoms with Crippen LogP contribution in [0.3, 0.4) is 0 Å². The molecule has 0 aromatic carbocycles. The van der Waals surface area contributed by atoms with Gasteiger partial charge in [0.2, 0.25) is 0 Å². The molecule has 4 heteroatoms. The fourth-order valence-electron chi connectivity index (χ4n) is 2.31. The minimum Gasteiger partial charge on any atom is -0.390 e. The number of aryl methyl sites for hydroxylation is 1. The molecule has 1 unspecified atom stereocenters. The van der Waals surface area contributed by atoms with Crippen LogP contribution < -0.4 is 0 Å². The third-order valence-electron chi connectivity index (χ3n) is 3.51. The normalized spacial score (nSPS) is 25.7. The number of rotatable bonds is 1. The number of hydrogen-bond acceptors (Lipinski definition) is 2. The summed E-state index contributed by atoms with van der Waals surface area (Å²) in [6.07, 6.45) is 4.16.